The summed E-state index contributed by atoms with van der Waals surface area (Å²) in [6.45, 7) is 0. The Kier molecular flexibility index (Phi) is 3.89. The molecular weight excluding hydrogens is 293 g/mol. The van der Waals surface area contributed by atoms with Crippen molar-refractivity contribution in [3.63, 3.8) is 0 Å². The van der Waals surface area contributed by atoms with E-state index in [1.165, 1.54) is 11.4 Å². The fraction of sp³-hybridized carbons (Fsp3) is 0.0769. The van der Waals surface area contributed by atoms with Gasteiger partial charge in [-0.15, -0.1) is 11.3 Å². The second-order valence-electron chi connectivity index (χ2n) is 3.92. The number of rotatable bonds is 4. The van der Waals surface area contributed by atoms with Crippen molar-refractivity contribution in [2.75, 3.05) is 0 Å². The lowest BCUT2D eigenvalue weighted by Crippen LogP contribution is -2.10. The van der Waals surface area contributed by atoms with Gasteiger partial charge in [-0.05, 0) is 11.4 Å². The standard InChI is InChI=1S/C13H7F3O3S/c14-6-3-9(15)8(10(16)4-6)5-11(17)12-7(13(18)19)1-2-20-12/h1-4H,5H2,(H,18,19). The van der Waals surface area contributed by atoms with Gasteiger partial charge < -0.3 is 5.11 Å². The molecule has 0 aliphatic rings. The first-order valence-electron chi connectivity index (χ1n) is 5.37. The number of halogens is 3. The molecule has 0 fully saturated rings. The van der Waals surface area contributed by atoms with Gasteiger partial charge in [0, 0.05) is 24.1 Å². The van der Waals surface area contributed by atoms with Crippen LogP contribution >= 0.6 is 11.3 Å². The number of hydrogen-bond donors (Lipinski definition) is 1. The molecule has 1 aromatic heterocycles. The molecule has 104 valence electrons. The van der Waals surface area contributed by atoms with Crippen LogP contribution in [0, 0.1) is 17.5 Å². The van der Waals surface area contributed by atoms with E-state index in [4.69, 9.17) is 5.11 Å². The van der Waals surface area contributed by atoms with Gasteiger partial charge in [-0.25, -0.2) is 18.0 Å². The monoisotopic (exact) mass is 300 g/mol. The fourth-order valence-corrected chi connectivity index (χ4v) is 2.50. The summed E-state index contributed by atoms with van der Waals surface area (Å²) < 4.78 is 39.6. The van der Waals surface area contributed by atoms with Crippen molar-refractivity contribution in [3.8, 4) is 0 Å². The number of carboxylic acids is 1. The molecule has 0 saturated heterocycles. The van der Waals surface area contributed by atoms with Gasteiger partial charge in [0.25, 0.3) is 0 Å². The second-order valence-corrected chi connectivity index (χ2v) is 4.83. The number of carbonyl (C=O) groups excluding carboxylic acids is 1. The average molecular weight is 300 g/mol. The molecule has 1 aromatic carbocycles. The van der Waals surface area contributed by atoms with E-state index in [0.29, 0.717) is 12.1 Å². The summed E-state index contributed by atoms with van der Waals surface area (Å²) in [5.41, 5.74) is -0.802. The van der Waals surface area contributed by atoms with Gasteiger partial charge >= 0.3 is 5.97 Å². The first-order valence-corrected chi connectivity index (χ1v) is 6.25. The summed E-state index contributed by atoms with van der Waals surface area (Å²) in [4.78, 5) is 22.7. The van der Waals surface area contributed by atoms with E-state index in [9.17, 15) is 22.8 Å². The Bertz CT molecular complexity index is 671. The van der Waals surface area contributed by atoms with Crippen LogP contribution in [-0.2, 0) is 6.42 Å². The topological polar surface area (TPSA) is 54.4 Å². The van der Waals surface area contributed by atoms with E-state index in [2.05, 4.69) is 0 Å². The molecule has 0 spiro atoms. The number of carbonyl (C=O) groups is 2. The van der Waals surface area contributed by atoms with Crippen molar-refractivity contribution in [3.05, 3.63) is 57.0 Å². The van der Waals surface area contributed by atoms with Crippen molar-refractivity contribution in [1.82, 2.24) is 0 Å². The first-order chi connectivity index (χ1) is 9.40. The summed E-state index contributed by atoms with van der Waals surface area (Å²) in [7, 11) is 0. The average Bonchev–Trinajstić information content (AvgIpc) is 2.82. The van der Waals surface area contributed by atoms with Crippen LogP contribution in [-0.4, -0.2) is 16.9 Å². The summed E-state index contributed by atoms with van der Waals surface area (Å²) in [6.07, 6.45) is -0.668. The normalized spacial score (nSPS) is 10.6. The van der Waals surface area contributed by atoms with Crippen molar-refractivity contribution in [2.24, 2.45) is 0 Å². The molecule has 0 bridgehead atoms. The lowest BCUT2D eigenvalue weighted by atomic mass is 10.0. The van der Waals surface area contributed by atoms with Gasteiger partial charge in [0.15, 0.2) is 5.78 Å². The van der Waals surface area contributed by atoms with E-state index >= 15 is 0 Å². The minimum Gasteiger partial charge on any atom is -0.478 e. The van der Waals surface area contributed by atoms with Crippen LogP contribution in [0.25, 0.3) is 0 Å². The third-order valence-electron chi connectivity index (χ3n) is 2.59. The maximum atomic E-state index is 13.4. The maximum absolute atomic E-state index is 13.4. The predicted octanol–water partition coefficient (Wildman–Crippen LogP) is 3.29. The lowest BCUT2D eigenvalue weighted by Gasteiger charge is -2.04. The SMILES string of the molecule is O=C(O)c1ccsc1C(=O)Cc1c(F)cc(F)cc1F. The van der Waals surface area contributed by atoms with Crippen molar-refractivity contribution in [1.29, 1.82) is 0 Å². The second kappa shape index (κ2) is 5.46. The van der Waals surface area contributed by atoms with Crippen molar-refractivity contribution < 1.29 is 27.9 Å². The molecule has 20 heavy (non-hydrogen) atoms. The molecule has 2 rings (SSSR count). The Morgan fingerprint density at radius 2 is 1.75 bits per heavy atom. The van der Waals surface area contributed by atoms with E-state index in [0.717, 1.165) is 11.3 Å². The largest absolute Gasteiger partial charge is 0.478 e. The van der Waals surface area contributed by atoms with Crippen LogP contribution in [0.1, 0.15) is 25.6 Å². The van der Waals surface area contributed by atoms with Crippen LogP contribution in [0.5, 0.6) is 0 Å². The van der Waals surface area contributed by atoms with E-state index in [1.807, 2.05) is 0 Å². The molecule has 0 atom stereocenters. The Morgan fingerprint density at radius 3 is 2.30 bits per heavy atom. The molecule has 0 amide bonds. The van der Waals surface area contributed by atoms with Gasteiger partial charge in [0.05, 0.1) is 10.4 Å². The molecule has 0 aliphatic heterocycles. The lowest BCUT2D eigenvalue weighted by molar-refractivity contribution is 0.0693. The summed E-state index contributed by atoms with van der Waals surface area (Å²) in [5.74, 6) is -5.47. The maximum Gasteiger partial charge on any atom is 0.337 e. The van der Waals surface area contributed by atoms with Gasteiger partial charge in [0.2, 0.25) is 0 Å². The Labute approximate surface area is 115 Å². The van der Waals surface area contributed by atoms with E-state index in [-0.39, 0.29) is 10.4 Å². The summed E-state index contributed by atoms with van der Waals surface area (Å²) in [6, 6.07) is 2.17. The number of hydrogen-bond acceptors (Lipinski definition) is 3. The zero-order chi connectivity index (χ0) is 14.9. The first kappa shape index (κ1) is 14.3. The number of Topliss-reactive ketones (excluding diaryl/α,β-unsaturated/α-hetero) is 1. The summed E-state index contributed by atoms with van der Waals surface area (Å²) in [5, 5.41) is 10.3. The molecule has 0 unspecified atom stereocenters. The van der Waals surface area contributed by atoms with Crippen LogP contribution < -0.4 is 0 Å². The Morgan fingerprint density at radius 1 is 1.15 bits per heavy atom. The number of ketones is 1. The Balaban J connectivity index is 2.33. The Hall–Kier alpha value is -2.15. The number of carboxylic acid groups (broad SMARTS) is 1. The molecule has 0 radical (unpaired) electrons. The molecule has 7 heteroatoms. The van der Waals surface area contributed by atoms with Crippen LogP contribution in [0.2, 0.25) is 0 Å². The van der Waals surface area contributed by atoms with Gasteiger partial charge in [0.1, 0.15) is 17.5 Å². The number of benzene rings is 1. The van der Waals surface area contributed by atoms with E-state index in [1.54, 1.807) is 0 Å². The van der Waals surface area contributed by atoms with Gasteiger partial charge in [-0.3, -0.25) is 4.79 Å². The molecule has 0 aliphatic carbocycles. The van der Waals surface area contributed by atoms with Gasteiger partial charge in [-0.2, -0.15) is 0 Å². The van der Waals surface area contributed by atoms with Gasteiger partial charge in [-0.1, -0.05) is 0 Å². The zero-order valence-corrected chi connectivity index (χ0v) is 10.6. The van der Waals surface area contributed by atoms with Crippen LogP contribution in [0.4, 0.5) is 13.2 Å². The third kappa shape index (κ3) is 2.72. The molecule has 0 saturated carbocycles. The van der Waals surface area contributed by atoms with Crippen LogP contribution in [0.15, 0.2) is 23.6 Å². The molecule has 3 nitrogen and oxygen atoms in total. The smallest absolute Gasteiger partial charge is 0.337 e. The van der Waals surface area contributed by atoms with Crippen molar-refractivity contribution >= 4 is 23.1 Å². The highest BCUT2D eigenvalue weighted by molar-refractivity contribution is 7.12. The number of aromatic carboxylic acids is 1. The van der Waals surface area contributed by atoms with E-state index < -0.39 is 41.2 Å². The molecule has 2 aromatic rings. The minimum absolute atomic E-state index is 0.0966. The molecular formula is C13H7F3O3S. The highest BCUT2D eigenvalue weighted by atomic mass is 32.1. The van der Waals surface area contributed by atoms with Crippen LogP contribution in [0.3, 0.4) is 0 Å². The highest BCUT2D eigenvalue weighted by Gasteiger charge is 2.21. The highest BCUT2D eigenvalue weighted by Crippen LogP contribution is 2.22. The summed E-state index contributed by atoms with van der Waals surface area (Å²) >= 11 is 0.871. The predicted molar refractivity (Wildman–Crippen MR) is 65.6 cm³/mol. The zero-order valence-electron chi connectivity index (χ0n) is 9.82. The third-order valence-corrected chi connectivity index (χ3v) is 3.55. The van der Waals surface area contributed by atoms with Crippen molar-refractivity contribution in [2.45, 2.75) is 6.42 Å². The number of thiophene rings is 1. The molecule has 1 N–H and O–H groups in total. The fourth-order valence-electron chi connectivity index (χ4n) is 1.68. The minimum atomic E-state index is -1.30. The molecule has 1 heterocycles. The quantitative estimate of drug-likeness (QED) is 0.882.